The van der Waals surface area contributed by atoms with Crippen LogP contribution in [0.1, 0.15) is 37.7 Å². The van der Waals surface area contributed by atoms with Gasteiger partial charge in [0.2, 0.25) is 5.91 Å². The normalized spacial score (nSPS) is 24.9. The van der Waals surface area contributed by atoms with Gasteiger partial charge in [-0.2, -0.15) is 11.8 Å². The van der Waals surface area contributed by atoms with Crippen LogP contribution >= 0.6 is 11.8 Å². The Morgan fingerprint density at radius 1 is 1.39 bits per heavy atom. The first-order valence-corrected chi connectivity index (χ1v) is 9.57. The van der Waals surface area contributed by atoms with Crippen LogP contribution < -0.4 is 10.6 Å². The maximum absolute atomic E-state index is 12.3. The molecule has 0 unspecified atom stereocenters. The van der Waals surface area contributed by atoms with E-state index in [1.807, 2.05) is 12.1 Å². The number of benzene rings is 1. The molecule has 3 rings (SSSR count). The van der Waals surface area contributed by atoms with Crippen LogP contribution in [0.3, 0.4) is 0 Å². The molecule has 2 fully saturated rings. The van der Waals surface area contributed by atoms with Crippen LogP contribution in [0, 0.1) is 0 Å². The third-order valence-corrected chi connectivity index (χ3v) is 6.17. The zero-order valence-electron chi connectivity index (χ0n) is 13.7. The maximum Gasteiger partial charge on any atom is 0.241 e. The first kappa shape index (κ1) is 16.8. The Kier molecular flexibility index (Phi) is 5.97. The summed E-state index contributed by atoms with van der Waals surface area (Å²) in [4.78, 5) is 12.3. The van der Waals surface area contributed by atoms with Crippen molar-refractivity contribution in [3.8, 4) is 0 Å². The number of methoxy groups -OCH3 is 1. The highest BCUT2D eigenvalue weighted by molar-refractivity contribution is 7.99. The molecule has 1 heterocycles. The lowest BCUT2D eigenvalue weighted by atomic mass is 10.1. The van der Waals surface area contributed by atoms with Crippen molar-refractivity contribution < 1.29 is 9.53 Å². The van der Waals surface area contributed by atoms with Gasteiger partial charge >= 0.3 is 0 Å². The molecule has 1 aromatic rings. The fourth-order valence-electron chi connectivity index (χ4n) is 3.32. The molecule has 0 spiro atoms. The van der Waals surface area contributed by atoms with E-state index in [-0.39, 0.29) is 18.1 Å². The average molecular weight is 334 g/mol. The van der Waals surface area contributed by atoms with Crippen LogP contribution in [0.15, 0.2) is 24.3 Å². The molecule has 0 aromatic heterocycles. The van der Waals surface area contributed by atoms with Crippen molar-refractivity contribution in [2.24, 2.45) is 0 Å². The molecule has 0 radical (unpaired) electrons. The number of hydrogen-bond donors (Lipinski definition) is 2. The topological polar surface area (TPSA) is 50.4 Å². The van der Waals surface area contributed by atoms with E-state index in [1.54, 1.807) is 7.11 Å². The molecule has 5 heteroatoms. The number of carbonyl (C=O) groups is 1. The minimum Gasteiger partial charge on any atom is -0.380 e. The van der Waals surface area contributed by atoms with E-state index in [2.05, 4.69) is 34.5 Å². The summed E-state index contributed by atoms with van der Waals surface area (Å²) >= 11 is 2.05. The minimum absolute atomic E-state index is 0.0325. The molecule has 2 aliphatic rings. The molecule has 1 aliphatic carbocycles. The monoisotopic (exact) mass is 334 g/mol. The molecular formula is C18H26N2O2S. The summed E-state index contributed by atoms with van der Waals surface area (Å²) in [7, 11) is 1.69. The lowest BCUT2D eigenvalue weighted by Crippen LogP contribution is -2.35. The Morgan fingerprint density at radius 2 is 2.22 bits per heavy atom. The second-order valence-electron chi connectivity index (χ2n) is 6.46. The van der Waals surface area contributed by atoms with Gasteiger partial charge in [0.25, 0.3) is 0 Å². The summed E-state index contributed by atoms with van der Waals surface area (Å²) in [5, 5.41) is 7.07. The van der Waals surface area contributed by atoms with Crippen LogP contribution in [0.4, 0.5) is 5.69 Å². The molecule has 2 N–H and O–H groups in total. The smallest absolute Gasteiger partial charge is 0.241 e. The minimum atomic E-state index is -0.156. The predicted octanol–water partition coefficient (Wildman–Crippen LogP) is 3.18. The summed E-state index contributed by atoms with van der Waals surface area (Å²) in [6.45, 7) is 0.743. The summed E-state index contributed by atoms with van der Waals surface area (Å²) in [6, 6.07) is 8.08. The number of amides is 1. The van der Waals surface area contributed by atoms with E-state index in [4.69, 9.17) is 4.74 Å². The molecule has 2 atom stereocenters. The predicted molar refractivity (Wildman–Crippen MR) is 95.8 cm³/mol. The van der Waals surface area contributed by atoms with Crippen LogP contribution in [-0.2, 0) is 15.3 Å². The first-order chi connectivity index (χ1) is 11.2. The Hall–Kier alpha value is -1.04. The van der Waals surface area contributed by atoms with Crippen molar-refractivity contribution in [3.63, 3.8) is 0 Å². The third-order valence-electron chi connectivity index (χ3n) is 4.72. The zero-order valence-corrected chi connectivity index (χ0v) is 14.5. The second-order valence-corrected chi connectivity index (χ2v) is 7.75. The number of rotatable bonds is 6. The number of nitrogens with one attached hydrogen (secondary N) is 2. The molecule has 4 nitrogen and oxygen atoms in total. The number of thioether (sulfide) groups is 1. The van der Waals surface area contributed by atoms with Crippen molar-refractivity contribution in [1.29, 1.82) is 0 Å². The number of carbonyl (C=O) groups excluding carboxylic acids is 1. The van der Waals surface area contributed by atoms with Crippen LogP contribution in [0.2, 0.25) is 0 Å². The quantitative estimate of drug-likeness (QED) is 0.839. The van der Waals surface area contributed by atoms with Gasteiger partial charge in [0.05, 0.1) is 12.1 Å². The average Bonchev–Trinajstić information content (AvgIpc) is 3.25. The molecule has 126 valence electrons. The highest BCUT2D eigenvalue weighted by Gasteiger charge is 2.29. The van der Waals surface area contributed by atoms with Crippen molar-refractivity contribution >= 4 is 23.4 Å². The Balaban J connectivity index is 1.51. The summed E-state index contributed by atoms with van der Waals surface area (Å²) in [6.07, 6.45) is 6.35. The van der Waals surface area contributed by atoms with Crippen LogP contribution in [-0.4, -0.2) is 37.0 Å². The fourth-order valence-corrected chi connectivity index (χ4v) is 4.59. The standard InChI is InChI=1S/C18H26N2O2S/c1-22-15-10-17(19-11-15)18(21)20-14-6-4-5-13(9-14)12-23-16-7-2-3-8-16/h4-6,9,15-17,19H,2-3,7-8,10-12H2,1H3,(H,20,21)/t15-,17+/m0/s1. The van der Waals surface area contributed by atoms with Gasteiger partial charge in [0.1, 0.15) is 0 Å². The highest BCUT2D eigenvalue weighted by atomic mass is 32.2. The molecule has 1 amide bonds. The van der Waals surface area contributed by atoms with Crippen LogP contribution in [0.25, 0.3) is 0 Å². The fraction of sp³-hybridized carbons (Fsp3) is 0.611. The molecule has 1 saturated carbocycles. The van der Waals surface area contributed by atoms with Crippen molar-refractivity contribution in [2.75, 3.05) is 19.0 Å². The lowest BCUT2D eigenvalue weighted by Gasteiger charge is -2.13. The van der Waals surface area contributed by atoms with E-state index in [0.717, 1.165) is 29.7 Å². The van der Waals surface area contributed by atoms with Gasteiger partial charge in [0.15, 0.2) is 0 Å². The molecule has 1 aromatic carbocycles. The van der Waals surface area contributed by atoms with E-state index < -0.39 is 0 Å². The summed E-state index contributed by atoms with van der Waals surface area (Å²) in [5.74, 6) is 1.06. The largest absolute Gasteiger partial charge is 0.380 e. The van der Waals surface area contributed by atoms with Gasteiger partial charge in [-0.15, -0.1) is 0 Å². The zero-order chi connectivity index (χ0) is 16.1. The number of hydrogen-bond acceptors (Lipinski definition) is 4. The van der Waals surface area contributed by atoms with Crippen molar-refractivity contribution in [1.82, 2.24) is 5.32 Å². The SMILES string of the molecule is CO[C@@H]1CN[C@@H](C(=O)Nc2cccc(CSC3CCCC3)c2)C1. The third kappa shape index (κ3) is 4.72. The molecule has 1 aliphatic heterocycles. The van der Waals surface area contributed by atoms with Gasteiger partial charge in [-0.25, -0.2) is 0 Å². The van der Waals surface area contributed by atoms with Gasteiger partial charge in [-0.1, -0.05) is 25.0 Å². The Bertz CT molecular complexity index is 532. The molecular weight excluding hydrogens is 308 g/mol. The molecule has 23 heavy (non-hydrogen) atoms. The maximum atomic E-state index is 12.3. The van der Waals surface area contributed by atoms with Crippen molar-refractivity contribution in [2.45, 2.75) is 55.3 Å². The Morgan fingerprint density at radius 3 is 2.96 bits per heavy atom. The number of anilines is 1. The number of ether oxygens (including phenoxy) is 1. The van der Waals surface area contributed by atoms with E-state index in [9.17, 15) is 4.79 Å². The van der Waals surface area contributed by atoms with Gasteiger partial charge < -0.3 is 15.4 Å². The second kappa shape index (κ2) is 8.18. The van der Waals surface area contributed by atoms with Gasteiger partial charge in [0, 0.05) is 30.3 Å². The lowest BCUT2D eigenvalue weighted by molar-refractivity contribution is -0.118. The van der Waals surface area contributed by atoms with Gasteiger partial charge in [-0.05, 0) is 37.0 Å². The van der Waals surface area contributed by atoms with E-state index in [0.29, 0.717) is 0 Å². The Labute approximate surface area is 142 Å². The summed E-state index contributed by atoms with van der Waals surface area (Å²) < 4.78 is 5.30. The highest BCUT2D eigenvalue weighted by Crippen LogP contribution is 2.31. The van der Waals surface area contributed by atoms with E-state index >= 15 is 0 Å². The van der Waals surface area contributed by atoms with E-state index in [1.165, 1.54) is 31.2 Å². The first-order valence-electron chi connectivity index (χ1n) is 8.52. The summed E-state index contributed by atoms with van der Waals surface area (Å²) in [5.41, 5.74) is 2.18. The molecule has 0 bridgehead atoms. The molecule has 1 saturated heterocycles. The van der Waals surface area contributed by atoms with Crippen molar-refractivity contribution in [3.05, 3.63) is 29.8 Å². The van der Waals surface area contributed by atoms with Crippen LogP contribution in [0.5, 0.6) is 0 Å². The van der Waals surface area contributed by atoms with Gasteiger partial charge in [-0.3, -0.25) is 4.79 Å².